The number of nitrogens with two attached hydrogens (primary N) is 1. The first-order valence-electron chi connectivity index (χ1n) is 8.26. The number of benzene rings is 1. The fraction of sp³-hybridized carbons (Fsp3) is 0.389. The van der Waals surface area contributed by atoms with Gasteiger partial charge in [-0.2, -0.15) is 0 Å². The molecule has 24 heavy (non-hydrogen) atoms. The highest BCUT2D eigenvalue weighted by Gasteiger charge is 2.19. The average Bonchev–Trinajstić information content (AvgIpc) is 3.01. The monoisotopic (exact) mass is 362 g/mol. The van der Waals surface area contributed by atoms with Crippen LogP contribution >= 0.6 is 22.9 Å². The molecule has 1 fully saturated rings. The molecule has 4 nitrogen and oxygen atoms in total. The van der Waals surface area contributed by atoms with E-state index >= 15 is 0 Å². The van der Waals surface area contributed by atoms with Crippen molar-refractivity contribution >= 4 is 28.9 Å². The number of nitrogens with one attached hydrogen (secondary N) is 1. The number of thiophene rings is 1. The molecule has 1 aromatic carbocycles. The minimum atomic E-state index is 0.410. The van der Waals surface area contributed by atoms with Gasteiger partial charge in [-0.25, -0.2) is 4.99 Å². The van der Waals surface area contributed by atoms with Gasteiger partial charge in [-0.1, -0.05) is 41.9 Å². The second-order valence-corrected chi connectivity index (χ2v) is 7.89. The number of hydrogen-bond acceptors (Lipinski definition) is 3. The van der Waals surface area contributed by atoms with Gasteiger partial charge in [-0.15, -0.1) is 11.3 Å². The molecule has 0 bridgehead atoms. The Hall–Kier alpha value is -1.56. The molecule has 0 saturated carbocycles. The van der Waals surface area contributed by atoms with Crippen molar-refractivity contribution in [2.75, 3.05) is 13.1 Å². The highest BCUT2D eigenvalue weighted by molar-refractivity contribution is 7.16. The smallest absolute Gasteiger partial charge is 0.189 e. The third-order valence-electron chi connectivity index (χ3n) is 4.22. The SMILES string of the molecule is NC(=NCc1ccc(Cl)s1)NC1CCN(Cc2ccccc2)CC1. The molecule has 0 atom stereocenters. The number of likely N-dealkylation sites (tertiary alicyclic amines) is 1. The molecule has 1 aliphatic rings. The minimum absolute atomic E-state index is 0.410. The van der Waals surface area contributed by atoms with Crippen molar-refractivity contribution in [2.24, 2.45) is 10.7 Å². The minimum Gasteiger partial charge on any atom is -0.370 e. The van der Waals surface area contributed by atoms with Crippen molar-refractivity contribution in [2.45, 2.75) is 32.0 Å². The molecule has 6 heteroatoms. The van der Waals surface area contributed by atoms with Crippen molar-refractivity contribution in [3.63, 3.8) is 0 Å². The Morgan fingerprint density at radius 2 is 1.96 bits per heavy atom. The standard InChI is InChI=1S/C18H23ClN4S/c19-17-7-6-16(24-17)12-21-18(20)22-15-8-10-23(11-9-15)13-14-4-2-1-3-5-14/h1-7,15H,8-13H2,(H3,20,21,22). The number of halogens is 1. The first-order valence-corrected chi connectivity index (χ1v) is 9.45. The molecule has 3 N–H and O–H groups in total. The molecule has 3 rings (SSSR count). The molecular formula is C18H23ClN4S. The van der Waals surface area contributed by atoms with E-state index in [0.29, 0.717) is 18.5 Å². The van der Waals surface area contributed by atoms with Gasteiger partial charge in [0, 0.05) is 30.6 Å². The average molecular weight is 363 g/mol. The lowest BCUT2D eigenvalue weighted by Gasteiger charge is -2.32. The Morgan fingerprint density at radius 3 is 2.62 bits per heavy atom. The Bertz CT molecular complexity index is 663. The van der Waals surface area contributed by atoms with Gasteiger partial charge >= 0.3 is 0 Å². The highest BCUT2D eigenvalue weighted by atomic mass is 35.5. The van der Waals surface area contributed by atoms with Gasteiger partial charge in [-0.3, -0.25) is 4.90 Å². The number of rotatable bonds is 5. The zero-order chi connectivity index (χ0) is 16.8. The van der Waals surface area contributed by atoms with Crippen LogP contribution in [0.15, 0.2) is 47.5 Å². The summed E-state index contributed by atoms with van der Waals surface area (Å²) in [6.07, 6.45) is 2.18. The first-order chi connectivity index (χ1) is 11.7. The first kappa shape index (κ1) is 17.3. The maximum Gasteiger partial charge on any atom is 0.189 e. The van der Waals surface area contributed by atoms with Gasteiger partial charge in [0.05, 0.1) is 10.9 Å². The second kappa shape index (κ2) is 8.51. The topological polar surface area (TPSA) is 53.6 Å². The van der Waals surface area contributed by atoms with Crippen LogP contribution in [0.25, 0.3) is 0 Å². The van der Waals surface area contributed by atoms with Gasteiger partial charge in [0.2, 0.25) is 0 Å². The van der Waals surface area contributed by atoms with E-state index < -0.39 is 0 Å². The van der Waals surface area contributed by atoms with Crippen LogP contribution in [0.5, 0.6) is 0 Å². The van der Waals surface area contributed by atoms with E-state index in [9.17, 15) is 0 Å². The molecule has 1 aromatic heterocycles. The van der Waals surface area contributed by atoms with Crippen LogP contribution in [-0.2, 0) is 13.1 Å². The predicted molar refractivity (Wildman–Crippen MR) is 103 cm³/mol. The molecular weight excluding hydrogens is 340 g/mol. The van der Waals surface area contributed by atoms with E-state index in [-0.39, 0.29) is 0 Å². The number of guanidine groups is 1. The van der Waals surface area contributed by atoms with Gasteiger partial charge in [-0.05, 0) is 30.5 Å². The molecule has 0 unspecified atom stereocenters. The lowest BCUT2D eigenvalue weighted by Crippen LogP contribution is -2.46. The lowest BCUT2D eigenvalue weighted by atomic mass is 10.0. The number of hydrogen-bond donors (Lipinski definition) is 2. The maximum atomic E-state index is 6.01. The lowest BCUT2D eigenvalue weighted by molar-refractivity contribution is 0.199. The Morgan fingerprint density at radius 1 is 1.21 bits per heavy atom. The van der Waals surface area contributed by atoms with E-state index in [1.165, 1.54) is 5.56 Å². The number of piperidine rings is 1. The van der Waals surface area contributed by atoms with Crippen molar-refractivity contribution in [3.05, 3.63) is 57.2 Å². The van der Waals surface area contributed by atoms with Gasteiger partial charge in [0.1, 0.15) is 0 Å². The maximum absolute atomic E-state index is 6.01. The molecule has 1 aliphatic heterocycles. The van der Waals surface area contributed by atoms with E-state index in [2.05, 4.69) is 45.5 Å². The van der Waals surface area contributed by atoms with Crippen molar-refractivity contribution < 1.29 is 0 Å². The van der Waals surface area contributed by atoms with Crippen LogP contribution < -0.4 is 11.1 Å². The van der Waals surface area contributed by atoms with Crippen molar-refractivity contribution in [3.8, 4) is 0 Å². The van der Waals surface area contributed by atoms with E-state index in [4.69, 9.17) is 17.3 Å². The van der Waals surface area contributed by atoms with E-state index in [1.54, 1.807) is 11.3 Å². The predicted octanol–water partition coefficient (Wildman–Crippen LogP) is 3.47. The van der Waals surface area contributed by atoms with Crippen molar-refractivity contribution in [1.82, 2.24) is 10.2 Å². The third-order valence-corrected chi connectivity index (χ3v) is 5.44. The van der Waals surface area contributed by atoms with Crippen molar-refractivity contribution in [1.29, 1.82) is 0 Å². The Labute approximate surface area is 152 Å². The summed E-state index contributed by atoms with van der Waals surface area (Å²) in [7, 11) is 0. The molecule has 128 valence electrons. The zero-order valence-corrected chi connectivity index (χ0v) is 15.2. The summed E-state index contributed by atoms with van der Waals surface area (Å²) in [4.78, 5) is 8.03. The van der Waals surface area contributed by atoms with Crippen LogP contribution in [0.3, 0.4) is 0 Å². The summed E-state index contributed by atoms with van der Waals surface area (Å²) >= 11 is 7.47. The zero-order valence-electron chi connectivity index (χ0n) is 13.6. The normalized spacial score (nSPS) is 17.1. The molecule has 0 amide bonds. The molecule has 2 aromatic rings. The quantitative estimate of drug-likeness (QED) is 0.632. The molecule has 1 saturated heterocycles. The van der Waals surface area contributed by atoms with Crippen LogP contribution in [-0.4, -0.2) is 30.0 Å². The fourth-order valence-electron chi connectivity index (χ4n) is 2.93. The largest absolute Gasteiger partial charge is 0.370 e. The van der Waals surface area contributed by atoms with Crippen LogP contribution in [0.4, 0.5) is 0 Å². The molecule has 0 spiro atoms. The van der Waals surface area contributed by atoms with Crippen LogP contribution in [0, 0.1) is 0 Å². The Kier molecular flexibility index (Phi) is 6.12. The summed E-state index contributed by atoms with van der Waals surface area (Å²) in [5.74, 6) is 0.529. The summed E-state index contributed by atoms with van der Waals surface area (Å²) < 4.78 is 0.789. The summed E-state index contributed by atoms with van der Waals surface area (Å²) in [5, 5.41) is 3.35. The van der Waals surface area contributed by atoms with Gasteiger partial charge in [0.25, 0.3) is 0 Å². The summed E-state index contributed by atoms with van der Waals surface area (Å²) in [6, 6.07) is 14.9. The van der Waals surface area contributed by atoms with E-state index in [1.807, 2.05) is 12.1 Å². The Balaban J connectivity index is 1.41. The second-order valence-electron chi connectivity index (χ2n) is 6.09. The number of nitrogens with zero attached hydrogens (tertiary/aromatic N) is 2. The molecule has 2 heterocycles. The summed E-state index contributed by atoms with van der Waals surface area (Å²) in [5.41, 5.74) is 7.39. The summed E-state index contributed by atoms with van der Waals surface area (Å²) in [6.45, 7) is 3.78. The highest BCUT2D eigenvalue weighted by Crippen LogP contribution is 2.21. The molecule has 0 aliphatic carbocycles. The number of aliphatic imine (C=N–C) groups is 1. The van der Waals surface area contributed by atoms with Crippen LogP contribution in [0.1, 0.15) is 23.3 Å². The van der Waals surface area contributed by atoms with Crippen LogP contribution in [0.2, 0.25) is 4.34 Å². The van der Waals surface area contributed by atoms with Gasteiger partial charge in [0.15, 0.2) is 5.96 Å². The molecule has 0 radical (unpaired) electrons. The third kappa shape index (κ3) is 5.23. The van der Waals surface area contributed by atoms with Gasteiger partial charge < -0.3 is 11.1 Å². The fourth-order valence-corrected chi connectivity index (χ4v) is 3.94. The van der Waals surface area contributed by atoms with E-state index in [0.717, 1.165) is 41.7 Å².